The van der Waals surface area contributed by atoms with Crippen LogP contribution in [0.1, 0.15) is 0 Å². The molecule has 0 N–H and O–H groups in total. The fraction of sp³-hybridized carbons (Fsp3) is 0. The van der Waals surface area contributed by atoms with Gasteiger partial charge < -0.3 is 9.32 Å². The van der Waals surface area contributed by atoms with E-state index >= 15 is 0 Å². The average molecular weight is 664 g/mol. The second kappa shape index (κ2) is 12.5. The minimum Gasteiger partial charge on any atom is -0.455 e. The highest BCUT2D eigenvalue weighted by molar-refractivity contribution is 6.07. The highest BCUT2D eigenvalue weighted by Crippen LogP contribution is 2.44. The van der Waals surface area contributed by atoms with Gasteiger partial charge >= 0.3 is 0 Å². The van der Waals surface area contributed by atoms with Crippen LogP contribution in [0.2, 0.25) is 0 Å². The maximum atomic E-state index is 6.82. The second-order valence-corrected chi connectivity index (χ2v) is 13.4. The SMILES string of the molecule is c1ccc(-c2ccc(-c3c(-c4ccc(N(c5ccc6ccccc6c5)c5ccc6ccccc6c5)cc4)oc4cc5ccccc5cc34)cc2)cc1. The molecule has 0 fully saturated rings. The van der Waals surface area contributed by atoms with Crippen molar-refractivity contribution >= 4 is 60.3 Å². The van der Waals surface area contributed by atoms with Gasteiger partial charge in [-0.05, 0) is 110 Å². The molecule has 10 rings (SSSR count). The average Bonchev–Trinajstić information content (AvgIpc) is 3.59. The molecule has 10 aromatic rings. The van der Waals surface area contributed by atoms with E-state index in [1.54, 1.807) is 0 Å². The third-order valence-corrected chi connectivity index (χ3v) is 10.2. The third kappa shape index (κ3) is 5.30. The van der Waals surface area contributed by atoms with Crippen molar-refractivity contribution < 1.29 is 4.42 Å². The Bertz CT molecular complexity index is 2810. The van der Waals surface area contributed by atoms with Gasteiger partial charge in [-0.15, -0.1) is 0 Å². The molecule has 0 radical (unpaired) electrons. The number of rotatable bonds is 6. The van der Waals surface area contributed by atoms with Crippen LogP contribution in [-0.4, -0.2) is 0 Å². The monoisotopic (exact) mass is 663 g/mol. The zero-order valence-electron chi connectivity index (χ0n) is 28.4. The van der Waals surface area contributed by atoms with Crippen molar-refractivity contribution in [1.82, 2.24) is 0 Å². The molecular formula is C50H33NO. The second-order valence-electron chi connectivity index (χ2n) is 13.4. The Balaban J connectivity index is 1.12. The number of anilines is 3. The first-order chi connectivity index (χ1) is 25.7. The van der Waals surface area contributed by atoms with Crippen LogP contribution in [0.3, 0.4) is 0 Å². The summed E-state index contributed by atoms with van der Waals surface area (Å²) in [6, 6.07) is 71.6. The van der Waals surface area contributed by atoms with Gasteiger partial charge in [-0.3, -0.25) is 0 Å². The van der Waals surface area contributed by atoms with Crippen LogP contribution in [-0.2, 0) is 0 Å². The summed E-state index contributed by atoms with van der Waals surface area (Å²) in [5, 5.41) is 8.34. The predicted molar refractivity (Wildman–Crippen MR) is 220 cm³/mol. The molecule has 0 spiro atoms. The topological polar surface area (TPSA) is 16.4 Å². The molecule has 0 amide bonds. The van der Waals surface area contributed by atoms with Crippen LogP contribution in [0.25, 0.3) is 76.9 Å². The third-order valence-electron chi connectivity index (χ3n) is 10.2. The number of fused-ring (bicyclic) bond motifs is 4. The van der Waals surface area contributed by atoms with Gasteiger partial charge in [0.15, 0.2) is 0 Å². The van der Waals surface area contributed by atoms with Crippen LogP contribution in [0.15, 0.2) is 205 Å². The van der Waals surface area contributed by atoms with E-state index in [1.807, 2.05) is 0 Å². The van der Waals surface area contributed by atoms with Crippen molar-refractivity contribution in [3.05, 3.63) is 200 Å². The Kier molecular flexibility index (Phi) is 7.18. The predicted octanol–water partition coefficient (Wildman–Crippen LogP) is 14.4. The van der Waals surface area contributed by atoms with Gasteiger partial charge in [0.1, 0.15) is 11.3 Å². The molecule has 1 aromatic heterocycles. The molecule has 0 bridgehead atoms. The van der Waals surface area contributed by atoms with Gasteiger partial charge in [-0.25, -0.2) is 0 Å². The number of nitrogens with zero attached hydrogens (tertiary/aromatic N) is 1. The standard InChI is InChI=1S/C50H33NO/c1-2-10-34(11-3-1)37-18-20-38(21-19-37)49-47-32-42-16-8-9-17-43(42)33-48(47)52-50(49)39-24-26-44(27-25-39)51(45-28-22-35-12-4-6-14-40(35)30-45)46-29-23-36-13-5-7-15-41(36)31-46/h1-33H. The molecule has 0 atom stereocenters. The van der Waals surface area contributed by atoms with E-state index in [-0.39, 0.29) is 0 Å². The van der Waals surface area contributed by atoms with E-state index in [4.69, 9.17) is 4.42 Å². The maximum Gasteiger partial charge on any atom is 0.143 e. The molecule has 244 valence electrons. The van der Waals surface area contributed by atoms with Gasteiger partial charge in [0, 0.05) is 33.6 Å². The lowest BCUT2D eigenvalue weighted by Gasteiger charge is -2.26. The lowest BCUT2D eigenvalue weighted by molar-refractivity contribution is 0.633. The normalized spacial score (nSPS) is 11.5. The molecule has 2 nitrogen and oxygen atoms in total. The molecule has 0 saturated carbocycles. The molecule has 9 aromatic carbocycles. The lowest BCUT2D eigenvalue weighted by atomic mass is 9.95. The van der Waals surface area contributed by atoms with Gasteiger partial charge in [-0.1, -0.05) is 140 Å². The summed E-state index contributed by atoms with van der Waals surface area (Å²) in [6.07, 6.45) is 0. The lowest BCUT2D eigenvalue weighted by Crippen LogP contribution is -2.09. The van der Waals surface area contributed by atoms with Crippen molar-refractivity contribution in [2.24, 2.45) is 0 Å². The van der Waals surface area contributed by atoms with E-state index in [9.17, 15) is 0 Å². The van der Waals surface area contributed by atoms with E-state index < -0.39 is 0 Å². The first-order valence-electron chi connectivity index (χ1n) is 17.7. The van der Waals surface area contributed by atoms with E-state index in [0.717, 1.165) is 55.9 Å². The number of hydrogen-bond acceptors (Lipinski definition) is 2. The van der Waals surface area contributed by atoms with E-state index in [0.29, 0.717) is 0 Å². The summed E-state index contributed by atoms with van der Waals surface area (Å²) >= 11 is 0. The van der Waals surface area contributed by atoms with Crippen molar-refractivity contribution in [1.29, 1.82) is 0 Å². The van der Waals surface area contributed by atoms with Crippen molar-refractivity contribution in [2.75, 3.05) is 4.90 Å². The Morgan fingerprint density at radius 1 is 0.308 bits per heavy atom. The molecule has 2 heteroatoms. The van der Waals surface area contributed by atoms with Crippen LogP contribution in [0, 0.1) is 0 Å². The Hall–Kier alpha value is -6.90. The first kappa shape index (κ1) is 30.0. The van der Waals surface area contributed by atoms with Crippen LogP contribution in [0.5, 0.6) is 0 Å². The molecule has 1 heterocycles. The Labute approximate surface area is 302 Å². The fourth-order valence-electron chi connectivity index (χ4n) is 7.57. The zero-order chi connectivity index (χ0) is 34.4. The van der Waals surface area contributed by atoms with Crippen LogP contribution < -0.4 is 4.90 Å². The highest BCUT2D eigenvalue weighted by Gasteiger charge is 2.20. The minimum absolute atomic E-state index is 0.868. The number of furan rings is 1. The van der Waals surface area contributed by atoms with E-state index in [1.165, 1.54) is 38.1 Å². The zero-order valence-corrected chi connectivity index (χ0v) is 28.4. The summed E-state index contributed by atoms with van der Waals surface area (Å²) in [7, 11) is 0. The van der Waals surface area contributed by atoms with Gasteiger partial charge in [0.05, 0.1) is 0 Å². The summed E-state index contributed by atoms with van der Waals surface area (Å²) in [6.45, 7) is 0. The number of hydrogen-bond donors (Lipinski definition) is 0. The van der Waals surface area contributed by atoms with Crippen molar-refractivity contribution in [2.45, 2.75) is 0 Å². The van der Waals surface area contributed by atoms with Gasteiger partial charge in [-0.2, -0.15) is 0 Å². The van der Waals surface area contributed by atoms with Crippen molar-refractivity contribution in [3.8, 4) is 33.6 Å². The quantitative estimate of drug-likeness (QED) is 0.176. The van der Waals surface area contributed by atoms with Crippen molar-refractivity contribution in [3.63, 3.8) is 0 Å². The van der Waals surface area contributed by atoms with Gasteiger partial charge in [0.25, 0.3) is 0 Å². The number of benzene rings is 9. The summed E-state index contributed by atoms with van der Waals surface area (Å²) < 4.78 is 6.82. The smallest absolute Gasteiger partial charge is 0.143 e. The molecule has 0 unspecified atom stereocenters. The maximum absolute atomic E-state index is 6.82. The van der Waals surface area contributed by atoms with Crippen LogP contribution >= 0.6 is 0 Å². The van der Waals surface area contributed by atoms with Crippen LogP contribution in [0.4, 0.5) is 17.1 Å². The highest BCUT2D eigenvalue weighted by atomic mass is 16.3. The molecule has 0 aliphatic rings. The minimum atomic E-state index is 0.868. The van der Waals surface area contributed by atoms with E-state index in [2.05, 4.69) is 205 Å². The molecule has 0 aliphatic carbocycles. The molecule has 52 heavy (non-hydrogen) atoms. The largest absolute Gasteiger partial charge is 0.455 e. The summed E-state index contributed by atoms with van der Waals surface area (Å²) in [5.41, 5.74) is 9.83. The Morgan fingerprint density at radius 2 is 0.750 bits per heavy atom. The molecule has 0 aliphatic heterocycles. The Morgan fingerprint density at radius 3 is 1.35 bits per heavy atom. The fourth-order valence-corrected chi connectivity index (χ4v) is 7.57. The summed E-state index contributed by atoms with van der Waals surface area (Å²) in [4.78, 5) is 2.34. The van der Waals surface area contributed by atoms with Gasteiger partial charge in [0.2, 0.25) is 0 Å². The summed E-state index contributed by atoms with van der Waals surface area (Å²) in [5.74, 6) is 0.868. The molecule has 0 saturated heterocycles. The molecular weight excluding hydrogens is 631 g/mol. The first-order valence-corrected chi connectivity index (χ1v) is 17.7.